The summed E-state index contributed by atoms with van der Waals surface area (Å²) < 4.78 is 46.5. The number of alkyl halides is 3. The van der Waals surface area contributed by atoms with Crippen LogP contribution in [0.2, 0.25) is 5.02 Å². The SMILES string of the molecule is Cn1cnc(-c2ccnc(Oc3cccc(NC(=O)Nc4ccc(Cl)c(C(F)(F)F)c4)c3)n2)c1. The largest absolute Gasteiger partial charge is 0.424 e. The number of nitrogens with one attached hydrogen (secondary N) is 2. The molecular weight excluding hydrogens is 473 g/mol. The van der Waals surface area contributed by atoms with Crippen molar-refractivity contribution in [3.05, 3.63) is 77.8 Å². The van der Waals surface area contributed by atoms with Gasteiger partial charge in [0.2, 0.25) is 0 Å². The van der Waals surface area contributed by atoms with Crippen LogP contribution in [0, 0.1) is 0 Å². The summed E-state index contributed by atoms with van der Waals surface area (Å²) in [6.45, 7) is 0. The van der Waals surface area contributed by atoms with Crippen molar-refractivity contribution in [2.24, 2.45) is 7.05 Å². The second-order valence-corrected chi connectivity index (χ2v) is 7.46. The monoisotopic (exact) mass is 488 g/mol. The maximum atomic E-state index is 13.0. The Kier molecular flexibility index (Phi) is 6.37. The Morgan fingerprint density at radius 3 is 2.50 bits per heavy atom. The van der Waals surface area contributed by atoms with Gasteiger partial charge in [-0.1, -0.05) is 17.7 Å². The molecule has 0 bridgehead atoms. The van der Waals surface area contributed by atoms with Crippen molar-refractivity contribution >= 4 is 29.0 Å². The fourth-order valence-corrected chi connectivity index (χ4v) is 3.16. The zero-order chi connectivity index (χ0) is 24.3. The Bertz CT molecular complexity index is 1340. The molecule has 4 aromatic rings. The lowest BCUT2D eigenvalue weighted by molar-refractivity contribution is -0.137. The van der Waals surface area contributed by atoms with E-state index in [9.17, 15) is 18.0 Å². The minimum atomic E-state index is -4.65. The zero-order valence-corrected chi connectivity index (χ0v) is 18.2. The maximum absolute atomic E-state index is 13.0. The van der Waals surface area contributed by atoms with Crippen LogP contribution in [0.15, 0.2) is 67.3 Å². The molecule has 2 aromatic heterocycles. The van der Waals surface area contributed by atoms with Gasteiger partial charge in [0.25, 0.3) is 0 Å². The van der Waals surface area contributed by atoms with Crippen molar-refractivity contribution in [1.82, 2.24) is 19.5 Å². The summed E-state index contributed by atoms with van der Waals surface area (Å²) in [5, 5.41) is 4.41. The predicted molar refractivity (Wildman–Crippen MR) is 120 cm³/mol. The summed E-state index contributed by atoms with van der Waals surface area (Å²) in [6.07, 6.45) is 0.329. The molecule has 0 saturated carbocycles. The van der Waals surface area contributed by atoms with Crippen LogP contribution in [-0.2, 0) is 13.2 Å². The fraction of sp³-hybridized carbons (Fsp3) is 0.0909. The molecule has 12 heteroatoms. The van der Waals surface area contributed by atoms with Crippen LogP contribution in [0.25, 0.3) is 11.4 Å². The number of aromatic nitrogens is 4. The van der Waals surface area contributed by atoms with Crippen molar-refractivity contribution in [2.45, 2.75) is 6.18 Å². The zero-order valence-electron chi connectivity index (χ0n) is 17.5. The number of urea groups is 1. The number of amides is 2. The summed E-state index contributed by atoms with van der Waals surface area (Å²) in [4.78, 5) is 24.9. The van der Waals surface area contributed by atoms with Gasteiger partial charge in [-0.15, -0.1) is 0 Å². The Labute approximate surface area is 196 Å². The van der Waals surface area contributed by atoms with Crippen molar-refractivity contribution < 1.29 is 22.7 Å². The number of anilines is 2. The quantitative estimate of drug-likeness (QED) is 0.360. The highest BCUT2D eigenvalue weighted by Crippen LogP contribution is 2.36. The number of hydrogen-bond acceptors (Lipinski definition) is 5. The van der Waals surface area contributed by atoms with Gasteiger partial charge in [-0.25, -0.2) is 14.8 Å². The van der Waals surface area contributed by atoms with E-state index in [1.54, 1.807) is 41.4 Å². The second-order valence-electron chi connectivity index (χ2n) is 7.05. The number of benzene rings is 2. The normalized spacial score (nSPS) is 11.2. The lowest BCUT2D eigenvalue weighted by atomic mass is 10.2. The highest BCUT2D eigenvalue weighted by atomic mass is 35.5. The fourth-order valence-electron chi connectivity index (χ4n) is 2.93. The van der Waals surface area contributed by atoms with Crippen molar-refractivity contribution in [1.29, 1.82) is 0 Å². The van der Waals surface area contributed by atoms with Crippen LogP contribution >= 0.6 is 11.6 Å². The molecule has 0 saturated heterocycles. The molecule has 0 atom stereocenters. The summed E-state index contributed by atoms with van der Waals surface area (Å²) >= 11 is 5.60. The molecule has 0 fully saturated rings. The molecule has 2 N–H and O–H groups in total. The minimum absolute atomic E-state index is 0.0682. The van der Waals surface area contributed by atoms with Gasteiger partial charge in [0.1, 0.15) is 11.4 Å². The summed E-state index contributed by atoms with van der Waals surface area (Å²) in [6, 6.07) is 10.5. The Balaban J connectivity index is 1.44. The third-order valence-corrected chi connectivity index (χ3v) is 4.76. The van der Waals surface area contributed by atoms with Crippen LogP contribution in [0.4, 0.5) is 29.3 Å². The molecule has 0 radical (unpaired) electrons. The Hall–Kier alpha value is -4.12. The smallest absolute Gasteiger partial charge is 0.417 e. The molecule has 174 valence electrons. The first-order valence-corrected chi connectivity index (χ1v) is 10.1. The number of carbonyl (C=O) groups excluding carboxylic acids is 1. The number of imidazole rings is 1. The Morgan fingerprint density at radius 2 is 1.79 bits per heavy atom. The van der Waals surface area contributed by atoms with Crippen LogP contribution in [0.5, 0.6) is 11.8 Å². The first-order valence-electron chi connectivity index (χ1n) is 9.71. The van der Waals surface area contributed by atoms with E-state index in [1.807, 2.05) is 7.05 Å². The van der Waals surface area contributed by atoms with Crippen LogP contribution in [0.3, 0.4) is 0 Å². The highest BCUT2D eigenvalue weighted by Gasteiger charge is 2.33. The van der Waals surface area contributed by atoms with Gasteiger partial charge < -0.3 is 19.9 Å². The molecule has 2 heterocycles. The average molecular weight is 489 g/mol. The molecule has 0 aliphatic heterocycles. The molecule has 0 aliphatic rings. The molecule has 2 amide bonds. The number of rotatable bonds is 5. The number of nitrogens with zero attached hydrogens (tertiary/aromatic N) is 4. The van der Waals surface area contributed by atoms with Crippen molar-refractivity contribution in [2.75, 3.05) is 10.6 Å². The van der Waals surface area contributed by atoms with Crippen LogP contribution in [-0.4, -0.2) is 25.6 Å². The first kappa shape index (κ1) is 23.1. The van der Waals surface area contributed by atoms with E-state index in [-0.39, 0.29) is 11.7 Å². The molecule has 0 aliphatic carbocycles. The standard InChI is InChI=1S/C22H16ClF3N6O2/c1-32-11-19(28-12-32)18-7-8-27-21(31-18)34-15-4-2-3-13(9-15)29-20(33)30-14-5-6-17(23)16(10-14)22(24,25)26/h2-12H,1H3,(H2,29,30,33). The second kappa shape index (κ2) is 9.40. The summed E-state index contributed by atoms with van der Waals surface area (Å²) in [5.41, 5.74) is 0.440. The lowest BCUT2D eigenvalue weighted by Gasteiger charge is -2.12. The lowest BCUT2D eigenvalue weighted by Crippen LogP contribution is -2.20. The minimum Gasteiger partial charge on any atom is -0.424 e. The van der Waals surface area contributed by atoms with E-state index in [1.165, 1.54) is 18.3 Å². The van der Waals surface area contributed by atoms with E-state index in [4.69, 9.17) is 16.3 Å². The van der Waals surface area contributed by atoms with Gasteiger partial charge >= 0.3 is 18.2 Å². The average Bonchev–Trinajstić information content (AvgIpc) is 3.21. The maximum Gasteiger partial charge on any atom is 0.417 e. The Morgan fingerprint density at radius 1 is 1.03 bits per heavy atom. The van der Waals surface area contributed by atoms with Gasteiger partial charge in [-0.2, -0.15) is 18.2 Å². The molecule has 2 aromatic carbocycles. The van der Waals surface area contributed by atoms with E-state index >= 15 is 0 Å². The third kappa shape index (κ3) is 5.62. The molecular formula is C22H16ClF3N6O2. The van der Waals surface area contributed by atoms with Crippen molar-refractivity contribution in [3.8, 4) is 23.1 Å². The summed E-state index contributed by atoms with van der Waals surface area (Å²) in [5.74, 6) is 0.335. The van der Waals surface area contributed by atoms with Gasteiger partial charge in [-0.05, 0) is 36.4 Å². The van der Waals surface area contributed by atoms with Crippen LogP contribution in [0.1, 0.15) is 5.56 Å². The number of halogens is 4. The van der Waals surface area contributed by atoms with Gasteiger partial charge in [0.05, 0.1) is 22.6 Å². The molecule has 0 unspecified atom stereocenters. The number of hydrogen-bond donors (Lipinski definition) is 2. The van der Waals surface area contributed by atoms with Crippen molar-refractivity contribution in [3.63, 3.8) is 0 Å². The van der Waals surface area contributed by atoms with E-state index in [0.29, 0.717) is 22.8 Å². The molecule has 4 rings (SSSR count). The number of ether oxygens (including phenoxy) is 1. The van der Waals surface area contributed by atoms with Gasteiger partial charge in [0, 0.05) is 36.9 Å². The first-order chi connectivity index (χ1) is 16.2. The number of aryl methyl sites for hydroxylation is 1. The molecule has 8 nitrogen and oxygen atoms in total. The number of carbonyl (C=O) groups is 1. The predicted octanol–water partition coefficient (Wildman–Crippen LogP) is 5.99. The summed E-state index contributed by atoms with van der Waals surface area (Å²) in [7, 11) is 1.84. The van der Waals surface area contributed by atoms with Crippen LogP contribution < -0.4 is 15.4 Å². The van der Waals surface area contributed by atoms with Gasteiger partial charge in [-0.3, -0.25) is 0 Å². The molecule has 0 spiro atoms. The third-order valence-electron chi connectivity index (χ3n) is 4.43. The van der Waals surface area contributed by atoms with E-state index in [0.717, 1.165) is 12.1 Å². The van der Waals surface area contributed by atoms with Gasteiger partial charge in [0.15, 0.2) is 0 Å². The van der Waals surface area contributed by atoms with E-state index < -0.39 is 22.8 Å². The highest BCUT2D eigenvalue weighted by molar-refractivity contribution is 6.31. The molecule has 34 heavy (non-hydrogen) atoms. The van der Waals surface area contributed by atoms with E-state index in [2.05, 4.69) is 25.6 Å². The topological polar surface area (TPSA) is 94.0 Å².